The van der Waals surface area contributed by atoms with Gasteiger partial charge in [-0.25, -0.2) is 4.98 Å². The largest absolute Gasteiger partial charge is 0.338 e. The van der Waals surface area contributed by atoms with Crippen LogP contribution in [0.25, 0.3) is 10.2 Å². The van der Waals surface area contributed by atoms with Crippen molar-refractivity contribution in [3.05, 3.63) is 64.1 Å². The lowest BCUT2D eigenvalue weighted by molar-refractivity contribution is 0.0707. The molecule has 1 amide bonds. The predicted octanol–water partition coefficient (Wildman–Crippen LogP) is 4.97. The molecule has 5 heteroatoms. The number of hydrogen-bond acceptors (Lipinski definition) is 3. The lowest BCUT2D eigenvalue weighted by atomic mass is 9.98. The number of thiazole rings is 1. The summed E-state index contributed by atoms with van der Waals surface area (Å²) in [5.74, 6) is 0.328. The van der Waals surface area contributed by atoms with Gasteiger partial charge in [0.15, 0.2) is 0 Å². The number of fused-ring (bicyclic) bond motifs is 1. The highest BCUT2D eigenvalue weighted by Gasteiger charge is 2.28. The van der Waals surface area contributed by atoms with Crippen LogP contribution in [-0.4, -0.2) is 28.9 Å². The zero-order valence-electron chi connectivity index (χ0n) is 13.1. The smallest absolute Gasteiger partial charge is 0.255 e. The van der Waals surface area contributed by atoms with Crippen LogP contribution in [0.1, 0.15) is 34.1 Å². The molecule has 1 unspecified atom stereocenters. The number of amides is 1. The Morgan fingerprint density at radius 2 is 1.96 bits per heavy atom. The van der Waals surface area contributed by atoms with Gasteiger partial charge in [0, 0.05) is 19.0 Å². The minimum Gasteiger partial charge on any atom is -0.338 e. The summed E-state index contributed by atoms with van der Waals surface area (Å²) in [5.41, 5.74) is 1.64. The molecule has 0 N–H and O–H groups in total. The maximum Gasteiger partial charge on any atom is 0.255 e. The van der Waals surface area contributed by atoms with Gasteiger partial charge in [-0.05, 0) is 37.1 Å². The second kappa shape index (κ2) is 6.54. The third-order valence-corrected chi connectivity index (χ3v) is 6.00. The van der Waals surface area contributed by atoms with Gasteiger partial charge in [0.1, 0.15) is 0 Å². The van der Waals surface area contributed by atoms with Crippen molar-refractivity contribution in [2.75, 3.05) is 13.1 Å². The van der Waals surface area contributed by atoms with E-state index in [9.17, 15) is 4.79 Å². The van der Waals surface area contributed by atoms with Gasteiger partial charge in [-0.2, -0.15) is 0 Å². The topological polar surface area (TPSA) is 33.2 Å². The number of para-hydroxylation sites is 1. The molecule has 1 saturated heterocycles. The summed E-state index contributed by atoms with van der Waals surface area (Å²) in [4.78, 5) is 19.5. The Morgan fingerprint density at radius 3 is 2.79 bits per heavy atom. The predicted molar refractivity (Wildman–Crippen MR) is 99.0 cm³/mol. The zero-order valence-corrected chi connectivity index (χ0v) is 14.7. The van der Waals surface area contributed by atoms with E-state index in [2.05, 4.69) is 6.07 Å². The summed E-state index contributed by atoms with van der Waals surface area (Å²) >= 11 is 7.93. The van der Waals surface area contributed by atoms with E-state index >= 15 is 0 Å². The summed E-state index contributed by atoms with van der Waals surface area (Å²) < 4.78 is 1.21. The Balaban J connectivity index is 1.57. The number of carbonyl (C=O) groups is 1. The first-order valence-electron chi connectivity index (χ1n) is 8.11. The monoisotopic (exact) mass is 356 g/mol. The fraction of sp³-hybridized carbons (Fsp3) is 0.263. The standard InChI is InChI=1S/C19H17ClN2OS/c20-15-8-2-1-7-14(15)19(23)22-11-5-6-13(12-22)18-21-16-9-3-4-10-17(16)24-18/h1-4,7-10,13H,5-6,11-12H2. The molecule has 1 atom stereocenters. The van der Waals surface area contributed by atoms with Crippen molar-refractivity contribution in [2.45, 2.75) is 18.8 Å². The van der Waals surface area contributed by atoms with E-state index in [1.54, 1.807) is 23.5 Å². The Morgan fingerprint density at radius 1 is 1.17 bits per heavy atom. The molecule has 122 valence electrons. The molecule has 0 aliphatic carbocycles. The van der Waals surface area contributed by atoms with E-state index in [1.807, 2.05) is 35.2 Å². The van der Waals surface area contributed by atoms with E-state index in [-0.39, 0.29) is 5.91 Å². The Kier molecular flexibility index (Phi) is 4.25. The summed E-state index contributed by atoms with van der Waals surface area (Å²) in [5, 5.41) is 1.65. The highest BCUT2D eigenvalue weighted by Crippen LogP contribution is 2.33. The van der Waals surface area contributed by atoms with Crippen molar-refractivity contribution in [3.63, 3.8) is 0 Å². The average molecular weight is 357 g/mol. The van der Waals surface area contributed by atoms with Crippen molar-refractivity contribution >= 4 is 39.1 Å². The Labute approximate surface area is 149 Å². The number of hydrogen-bond donors (Lipinski definition) is 0. The molecule has 1 fully saturated rings. The SMILES string of the molecule is O=C(c1ccccc1Cl)N1CCCC(c2nc3ccccc3s2)C1. The third kappa shape index (κ3) is 2.92. The molecule has 2 aromatic carbocycles. The van der Waals surface area contributed by atoms with Gasteiger partial charge in [0.2, 0.25) is 0 Å². The Bertz CT molecular complexity index is 859. The first-order valence-corrected chi connectivity index (χ1v) is 9.31. The van der Waals surface area contributed by atoms with Crippen LogP contribution < -0.4 is 0 Å². The van der Waals surface area contributed by atoms with Crippen LogP contribution in [0, 0.1) is 0 Å². The van der Waals surface area contributed by atoms with E-state index in [1.165, 1.54) is 4.70 Å². The summed E-state index contributed by atoms with van der Waals surface area (Å²) in [6.07, 6.45) is 2.07. The van der Waals surface area contributed by atoms with Crippen LogP contribution in [0.3, 0.4) is 0 Å². The minimum atomic E-state index is 0.0198. The molecule has 0 bridgehead atoms. The molecule has 2 heterocycles. The number of carbonyl (C=O) groups excluding carboxylic acids is 1. The van der Waals surface area contributed by atoms with Crippen LogP contribution in [0.15, 0.2) is 48.5 Å². The van der Waals surface area contributed by atoms with Crippen LogP contribution in [0.4, 0.5) is 0 Å². The molecule has 24 heavy (non-hydrogen) atoms. The van der Waals surface area contributed by atoms with Gasteiger partial charge in [-0.15, -0.1) is 11.3 Å². The first kappa shape index (κ1) is 15.6. The van der Waals surface area contributed by atoms with Gasteiger partial charge in [-0.3, -0.25) is 4.79 Å². The van der Waals surface area contributed by atoms with E-state index in [0.717, 1.165) is 29.9 Å². The van der Waals surface area contributed by atoms with Crippen molar-refractivity contribution in [1.29, 1.82) is 0 Å². The summed E-state index contributed by atoms with van der Waals surface area (Å²) in [6.45, 7) is 1.50. The van der Waals surface area contributed by atoms with Crippen molar-refractivity contribution in [3.8, 4) is 0 Å². The molecule has 0 saturated carbocycles. The molecule has 3 nitrogen and oxygen atoms in total. The normalized spacial score (nSPS) is 18.0. The quantitative estimate of drug-likeness (QED) is 0.649. The maximum atomic E-state index is 12.8. The second-order valence-corrected chi connectivity index (χ2v) is 7.56. The van der Waals surface area contributed by atoms with E-state index in [4.69, 9.17) is 16.6 Å². The molecule has 1 aliphatic rings. The average Bonchev–Trinajstić information content (AvgIpc) is 3.06. The molecule has 0 radical (unpaired) electrons. The molecular weight excluding hydrogens is 340 g/mol. The molecule has 3 aromatic rings. The van der Waals surface area contributed by atoms with Crippen molar-refractivity contribution in [1.82, 2.24) is 9.88 Å². The zero-order chi connectivity index (χ0) is 16.5. The molecule has 1 aromatic heterocycles. The van der Waals surface area contributed by atoms with Crippen LogP contribution in [0.5, 0.6) is 0 Å². The van der Waals surface area contributed by atoms with E-state index in [0.29, 0.717) is 23.0 Å². The minimum absolute atomic E-state index is 0.0198. The van der Waals surface area contributed by atoms with Gasteiger partial charge < -0.3 is 4.90 Å². The molecule has 4 rings (SSSR count). The van der Waals surface area contributed by atoms with Crippen LogP contribution in [-0.2, 0) is 0 Å². The number of piperidine rings is 1. The van der Waals surface area contributed by atoms with Crippen LogP contribution in [0.2, 0.25) is 5.02 Å². The summed E-state index contributed by atoms with van der Waals surface area (Å²) in [6, 6.07) is 15.5. The highest BCUT2D eigenvalue weighted by molar-refractivity contribution is 7.18. The third-order valence-electron chi connectivity index (χ3n) is 4.47. The van der Waals surface area contributed by atoms with E-state index < -0.39 is 0 Å². The lowest BCUT2D eigenvalue weighted by Crippen LogP contribution is -2.39. The number of rotatable bonds is 2. The van der Waals surface area contributed by atoms with Gasteiger partial charge in [0.05, 0.1) is 25.8 Å². The highest BCUT2D eigenvalue weighted by atomic mass is 35.5. The Hall–Kier alpha value is -1.91. The summed E-state index contributed by atoms with van der Waals surface area (Å²) in [7, 11) is 0. The number of nitrogens with zero attached hydrogens (tertiary/aromatic N) is 2. The van der Waals surface area contributed by atoms with Gasteiger partial charge in [-0.1, -0.05) is 35.9 Å². The number of aromatic nitrogens is 1. The maximum absolute atomic E-state index is 12.8. The molecule has 0 spiro atoms. The van der Waals surface area contributed by atoms with Crippen molar-refractivity contribution in [2.24, 2.45) is 0 Å². The second-order valence-electron chi connectivity index (χ2n) is 6.09. The van der Waals surface area contributed by atoms with Crippen molar-refractivity contribution < 1.29 is 4.79 Å². The first-order chi connectivity index (χ1) is 11.7. The molecular formula is C19H17ClN2OS. The van der Waals surface area contributed by atoms with Gasteiger partial charge in [0.25, 0.3) is 5.91 Å². The number of benzene rings is 2. The molecule has 1 aliphatic heterocycles. The van der Waals surface area contributed by atoms with Crippen LogP contribution >= 0.6 is 22.9 Å². The lowest BCUT2D eigenvalue weighted by Gasteiger charge is -2.32. The van der Waals surface area contributed by atoms with Gasteiger partial charge >= 0.3 is 0 Å². The number of halogens is 1. The fourth-order valence-corrected chi connectivity index (χ4v) is 4.54. The fourth-order valence-electron chi connectivity index (χ4n) is 3.23. The number of likely N-dealkylation sites (tertiary alicyclic amines) is 1.